The fraction of sp³-hybridized carbons (Fsp3) is 0.742. The van der Waals surface area contributed by atoms with Gasteiger partial charge in [-0.25, -0.2) is 0 Å². The molecule has 230 valence electrons. The summed E-state index contributed by atoms with van der Waals surface area (Å²) >= 11 is 13.1. The van der Waals surface area contributed by atoms with E-state index in [1.807, 2.05) is 39.0 Å². The van der Waals surface area contributed by atoms with Crippen LogP contribution in [0.25, 0.3) is 0 Å². The molecule has 1 aromatic rings. The molecule has 2 heterocycles. The maximum atomic E-state index is 14.0. The second kappa shape index (κ2) is 13.1. The highest BCUT2D eigenvalue weighted by atomic mass is 35.5. The molecule has 10 heteroatoms. The Morgan fingerprint density at radius 1 is 1.02 bits per heavy atom. The van der Waals surface area contributed by atoms with Gasteiger partial charge in [0.15, 0.2) is 0 Å². The molecule has 2 saturated heterocycles. The summed E-state index contributed by atoms with van der Waals surface area (Å²) in [4.78, 5) is 29.0. The van der Waals surface area contributed by atoms with Gasteiger partial charge in [-0.3, -0.25) is 14.5 Å². The van der Waals surface area contributed by atoms with Crippen molar-refractivity contribution in [3.05, 3.63) is 33.8 Å². The predicted molar refractivity (Wildman–Crippen MR) is 168 cm³/mol. The van der Waals surface area contributed by atoms with Crippen LogP contribution in [0.1, 0.15) is 106 Å². The number of piperidine rings is 1. The second-order valence-corrected chi connectivity index (χ2v) is 14.7. The van der Waals surface area contributed by atoms with Gasteiger partial charge >= 0.3 is 7.12 Å². The van der Waals surface area contributed by atoms with Gasteiger partial charge in [-0.05, 0) is 112 Å². The van der Waals surface area contributed by atoms with Gasteiger partial charge in [0.1, 0.15) is 5.54 Å². The third kappa shape index (κ3) is 8.20. The van der Waals surface area contributed by atoms with Crippen molar-refractivity contribution in [1.82, 2.24) is 15.5 Å². The second-order valence-electron chi connectivity index (χ2n) is 13.9. The Labute approximate surface area is 257 Å². The number of rotatable bonds is 10. The van der Waals surface area contributed by atoms with E-state index in [-0.39, 0.29) is 42.1 Å². The zero-order chi connectivity index (χ0) is 30.8. The summed E-state index contributed by atoms with van der Waals surface area (Å²) in [6, 6.07) is 5.63. The lowest BCUT2D eigenvalue weighted by Crippen LogP contribution is -2.66. The molecule has 2 unspecified atom stereocenters. The summed E-state index contributed by atoms with van der Waals surface area (Å²) in [5.74, 6) is -0.328. The van der Waals surface area contributed by atoms with Crippen molar-refractivity contribution in [2.45, 2.75) is 129 Å². The van der Waals surface area contributed by atoms with Crippen LogP contribution in [0.3, 0.4) is 0 Å². The van der Waals surface area contributed by atoms with Crippen LogP contribution in [0.4, 0.5) is 0 Å². The van der Waals surface area contributed by atoms with Crippen LogP contribution in [-0.2, 0) is 18.9 Å². The van der Waals surface area contributed by atoms with E-state index in [9.17, 15) is 9.59 Å². The third-order valence-corrected chi connectivity index (χ3v) is 9.71. The molecular formula is C31H50BCl2N3O4. The van der Waals surface area contributed by atoms with Crippen LogP contribution >= 0.6 is 23.2 Å². The van der Waals surface area contributed by atoms with Crippen LogP contribution in [-0.4, -0.2) is 59.2 Å². The molecule has 1 aromatic carbocycles. The minimum Gasteiger partial charge on any atom is -0.403 e. The first-order valence-corrected chi connectivity index (χ1v) is 15.8. The lowest BCUT2D eigenvalue weighted by Gasteiger charge is -2.46. The number of amides is 2. The van der Waals surface area contributed by atoms with Crippen molar-refractivity contribution in [3.8, 4) is 0 Å². The highest BCUT2D eigenvalue weighted by Gasteiger charge is 2.51. The zero-order valence-corrected chi connectivity index (χ0v) is 28.0. The maximum absolute atomic E-state index is 14.0. The molecule has 0 radical (unpaired) electrons. The van der Waals surface area contributed by atoms with Crippen molar-refractivity contribution in [1.29, 1.82) is 0 Å². The first-order valence-electron chi connectivity index (χ1n) is 15.0. The van der Waals surface area contributed by atoms with Crippen LogP contribution in [0, 0.1) is 5.92 Å². The summed E-state index contributed by atoms with van der Waals surface area (Å²) in [6.45, 7) is 19.3. The van der Waals surface area contributed by atoms with E-state index in [1.54, 1.807) is 0 Å². The molecule has 0 saturated carbocycles. The average Bonchev–Trinajstić information content (AvgIpc) is 3.05. The van der Waals surface area contributed by atoms with Crippen molar-refractivity contribution in [2.75, 3.05) is 13.1 Å². The van der Waals surface area contributed by atoms with Crippen molar-refractivity contribution in [3.63, 3.8) is 0 Å². The Morgan fingerprint density at radius 3 is 2.05 bits per heavy atom. The molecule has 2 atom stereocenters. The topological polar surface area (TPSA) is 79.9 Å². The van der Waals surface area contributed by atoms with Gasteiger partial charge < -0.3 is 19.9 Å². The number of nitrogens with one attached hydrogen (secondary N) is 2. The van der Waals surface area contributed by atoms with Gasteiger partial charge in [0.25, 0.3) is 0 Å². The molecule has 2 N–H and O–H groups in total. The first-order chi connectivity index (χ1) is 18.9. The van der Waals surface area contributed by atoms with Gasteiger partial charge in [0.2, 0.25) is 11.8 Å². The SMILES string of the molecule is CC(=O)NC(CCCCB1OC(C)(C)C(C)(C)O1)(C(=O)NC(C)(C)C)C1CCN(C(C)c2c(Cl)cccc2Cl)CC1. The first kappa shape index (κ1) is 34.2. The highest BCUT2D eigenvalue weighted by molar-refractivity contribution is 6.45. The lowest BCUT2D eigenvalue weighted by atomic mass is 9.72. The minimum atomic E-state index is -1.01. The Kier molecular flexibility index (Phi) is 10.9. The maximum Gasteiger partial charge on any atom is 0.457 e. The quantitative estimate of drug-likeness (QED) is 0.225. The fourth-order valence-corrected chi connectivity index (χ4v) is 6.87. The third-order valence-electron chi connectivity index (χ3n) is 9.05. The number of benzene rings is 1. The molecule has 2 aliphatic heterocycles. The highest BCUT2D eigenvalue weighted by Crippen LogP contribution is 2.40. The molecule has 3 rings (SSSR count). The van der Waals surface area contributed by atoms with E-state index in [0.29, 0.717) is 16.5 Å². The summed E-state index contributed by atoms with van der Waals surface area (Å²) in [6.07, 6.45) is 4.39. The molecular weight excluding hydrogens is 560 g/mol. The normalized spacial score (nSPS) is 21.8. The number of carbonyl (C=O) groups is 2. The van der Waals surface area contributed by atoms with E-state index in [0.717, 1.165) is 50.7 Å². The lowest BCUT2D eigenvalue weighted by molar-refractivity contribution is -0.138. The van der Waals surface area contributed by atoms with Crippen LogP contribution in [0.15, 0.2) is 18.2 Å². The zero-order valence-electron chi connectivity index (χ0n) is 26.5. The molecule has 0 bridgehead atoms. The molecule has 2 aliphatic rings. The van der Waals surface area contributed by atoms with Crippen LogP contribution in [0.5, 0.6) is 0 Å². The number of halogens is 2. The fourth-order valence-electron chi connectivity index (χ4n) is 6.16. The van der Waals surface area contributed by atoms with Gasteiger partial charge in [-0.2, -0.15) is 0 Å². The Bertz CT molecular complexity index is 1050. The minimum absolute atomic E-state index is 0.0178. The summed E-state index contributed by atoms with van der Waals surface area (Å²) in [5, 5.41) is 7.67. The number of unbranched alkanes of at least 4 members (excludes halogenated alkanes) is 1. The molecule has 41 heavy (non-hydrogen) atoms. The number of hydrogen-bond acceptors (Lipinski definition) is 5. The number of nitrogens with zero attached hydrogens (tertiary/aromatic N) is 1. The van der Waals surface area contributed by atoms with Crippen LogP contribution in [0.2, 0.25) is 16.4 Å². The smallest absolute Gasteiger partial charge is 0.403 e. The summed E-state index contributed by atoms with van der Waals surface area (Å²) in [7, 11) is -0.278. The number of carbonyl (C=O) groups excluding carboxylic acids is 2. The summed E-state index contributed by atoms with van der Waals surface area (Å²) < 4.78 is 12.4. The monoisotopic (exact) mass is 609 g/mol. The largest absolute Gasteiger partial charge is 0.457 e. The molecule has 2 amide bonds. The van der Waals surface area contributed by atoms with E-state index < -0.39 is 11.1 Å². The van der Waals surface area contributed by atoms with E-state index >= 15 is 0 Å². The van der Waals surface area contributed by atoms with Crippen LogP contribution < -0.4 is 10.6 Å². The Morgan fingerprint density at radius 2 is 1.56 bits per heavy atom. The standard InChI is InChI=1S/C31H50BCl2N3O4/c1-21(26-24(33)13-12-14-25(26)34)37-19-15-23(16-20-37)31(35-22(2)38,27(39)36-28(3,4)5)17-10-11-18-32-40-29(6,7)30(8,9)41-32/h12-14,21,23H,10-11,15-20H2,1-9H3,(H,35,38)(H,36,39). The van der Waals surface area contributed by atoms with Gasteiger partial charge in [-0.15, -0.1) is 0 Å². The van der Waals surface area contributed by atoms with Crippen molar-refractivity contribution >= 4 is 42.1 Å². The molecule has 7 nitrogen and oxygen atoms in total. The Hall–Kier alpha value is -1.32. The van der Waals surface area contributed by atoms with E-state index in [2.05, 4.69) is 50.2 Å². The van der Waals surface area contributed by atoms with Crippen molar-refractivity contribution < 1.29 is 18.9 Å². The number of likely N-dealkylation sites (tertiary alicyclic amines) is 1. The molecule has 0 aliphatic carbocycles. The molecule has 2 fully saturated rings. The van der Waals surface area contributed by atoms with E-state index in [4.69, 9.17) is 32.5 Å². The average molecular weight is 610 g/mol. The summed E-state index contributed by atoms with van der Waals surface area (Å²) in [5.41, 5.74) is -1.26. The van der Waals surface area contributed by atoms with Gasteiger partial charge in [0, 0.05) is 34.1 Å². The van der Waals surface area contributed by atoms with Crippen molar-refractivity contribution in [2.24, 2.45) is 5.92 Å². The molecule has 0 aromatic heterocycles. The molecule has 0 spiro atoms. The number of hydrogen-bond donors (Lipinski definition) is 2. The Balaban J connectivity index is 1.76. The van der Waals surface area contributed by atoms with E-state index in [1.165, 1.54) is 6.92 Å². The predicted octanol–water partition coefficient (Wildman–Crippen LogP) is 6.82. The van der Waals surface area contributed by atoms with Gasteiger partial charge in [-0.1, -0.05) is 42.1 Å². The van der Waals surface area contributed by atoms with Gasteiger partial charge in [0.05, 0.1) is 11.2 Å².